The number of amides is 1. The lowest BCUT2D eigenvalue weighted by atomic mass is 9.92. The molecule has 0 atom stereocenters. The number of fused-ring (bicyclic) bond motifs is 1. The Balaban J connectivity index is 2.08. The first-order valence-corrected chi connectivity index (χ1v) is 9.83. The van der Waals surface area contributed by atoms with E-state index in [1.807, 2.05) is 27.0 Å². The molecule has 0 bridgehead atoms. The van der Waals surface area contributed by atoms with Crippen molar-refractivity contribution in [3.8, 4) is 0 Å². The first-order chi connectivity index (χ1) is 12.3. The second kappa shape index (κ2) is 9.18. The Labute approximate surface area is 158 Å². The fourth-order valence-electron chi connectivity index (χ4n) is 2.44. The number of methoxy groups -OCH3 is 1. The van der Waals surface area contributed by atoms with Gasteiger partial charge in [-0.25, -0.2) is 14.6 Å². The van der Waals surface area contributed by atoms with Crippen molar-refractivity contribution in [3.05, 3.63) is 6.20 Å². The maximum absolute atomic E-state index is 12.0. The van der Waals surface area contributed by atoms with Gasteiger partial charge in [-0.1, -0.05) is 32.5 Å². The summed E-state index contributed by atoms with van der Waals surface area (Å²) in [4.78, 5) is 21.0. The number of anilines is 1. The van der Waals surface area contributed by atoms with Crippen molar-refractivity contribution in [3.63, 3.8) is 0 Å². The zero-order chi connectivity index (χ0) is 19.2. The highest BCUT2D eigenvalue weighted by atomic mass is 32.2. The quantitative estimate of drug-likeness (QED) is 0.391. The second-order valence-electron chi connectivity index (χ2n) is 7.17. The minimum Gasteiger partial charge on any atom is -0.383 e. The highest BCUT2D eigenvalue weighted by Gasteiger charge is 2.16. The summed E-state index contributed by atoms with van der Waals surface area (Å²) in [5.41, 5.74) is 0.737. The summed E-state index contributed by atoms with van der Waals surface area (Å²) in [5, 5.41) is 12.2. The van der Waals surface area contributed by atoms with Crippen LogP contribution in [0.1, 0.15) is 27.2 Å². The van der Waals surface area contributed by atoms with Gasteiger partial charge >= 0.3 is 0 Å². The number of nitrogens with zero attached hydrogens (tertiary/aromatic N) is 4. The standard InChI is InChI=1S/C17H28N6O2S/c1-17(2,3)10-13(24)18-6-8-23-15-12(11-20-23)14(19-7-9-25-4)21-16(22-15)26-5/h11H,6-10H2,1-5H3,(H,18,24)(H,19,21,22). The molecule has 2 rings (SSSR count). The van der Waals surface area contributed by atoms with Crippen molar-refractivity contribution >= 4 is 34.5 Å². The lowest BCUT2D eigenvalue weighted by molar-refractivity contribution is -0.122. The average molecular weight is 381 g/mol. The Morgan fingerprint density at radius 2 is 2.08 bits per heavy atom. The van der Waals surface area contributed by atoms with Crippen LogP contribution in [0.2, 0.25) is 0 Å². The van der Waals surface area contributed by atoms with Crippen LogP contribution in [0.25, 0.3) is 11.0 Å². The topological polar surface area (TPSA) is 94.0 Å². The van der Waals surface area contributed by atoms with E-state index in [0.717, 1.165) is 16.9 Å². The van der Waals surface area contributed by atoms with Crippen molar-refractivity contribution in [2.45, 2.75) is 38.9 Å². The van der Waals surface area contributed by atoms with Gasteiger partial charge in [0.2, 0.25) is 5.91 Å². The molecule has 0 aromatic carbocycles. The fourth-order valence-corrected chi connectivity index (χ4v) is 2.80. The minimum atomic E-state index is -0.0221. The van der Waals surface area contributed by atoms with Crippen LogP contribution in [0.4, 0.5) is 5.82 Å². The lowest BCUT2D eigenvalue weighted by Crippen LogP contribution is -2.30. The second-order valence-corrected chi connectivity index (χ2v) is 7.94. The van der Waals surface area contributed by atoms with Crippen LogP contribution in [-0.4, -0.2) is 58.7 Å². The van der Waals surface area contributed by atoms with Gasteiger partial charge in [0.25, 0.3) is 0 Å². The van der Waals surface area contributed by atoms with Gasteiger partial charge in [0.1, 0.15) is 5.82 Å². The van der Waals surface area contributed by atoms with Crippen molar-refractivity contribution in [2.24, 2.45) is 5.41 Å². The average Bonchev–Trinajstić information content (AvgIpc) is 2.96. The molecule has 0 saturated carbocycles. The van der Waals surface area contributed by atoms with Crippen molar-refractivity contribution in [2.75, 3.05) is 38.4 Å². The predicted molar refractivity (Wildman–Crippen MR) is 105 cm³/mol. The number of carbonyl (C=O) groups excluding carboxylic acids is 1. The van der Waals surface area contributed by atoms with E-state index in [1.54, 1.807) is 18.0 Å². The molecule has 0 aliphatic rings. The molecular formula is C17H28N6O2S. The van der Waals surface area contributed by atoms with E-state index < -0.39 is 0 Å². The number of carbonyl (C=O) groups is 1. The molecule has 0 fully saturated rings. The van der Waals surface area contributed by atoms with Crippen LogP contribution in [0.5, 0.6) is 0 Å². The highest BCUT2D eigenvalue weighted by molar-refractivity contribution is 7.98. The first kappa shape index (κ1) is 20.4. The molecule has 0 unspecified atom stereocenters. The maximum Gasteiger partial charge on any atom is 0.220 e. The maximum atomic E-state index is 12.0. The summed E-state index contributed by atoms with van der Waals surface area (Å²) in [7, 11) is 1.66. The summed E-state index contributed by atoms with van der Waals surface area (Å²) in [5.74, 6) is 0.801. The number of aromatic nitrogens is 4. The molecule has 0 radical (unpaired) electrons. The SMILES string of the molecule is COCCNc1nc(SC)nc2c1cnn2CCNC(=O)CC(C)(C)C. The van der Waals surface area contributed by atoms with E-state index in [2.05, 4.69) is 25.7 Å². The van der Waals surface area contributed by atoms with E-state index in [1.165, 1.54) is 11.8 Å². The first-order valence-electron chi connectivity index (χ1n) is 8.61. The van der Waals surface area contributed by atoms with E-state index >= 15 is 0 Å². The molecule has 0 spiro atoms. The zero-order valence-corrected chi connectivity index (χ0v) is 16.9. The Morgan fingerprint density at radius 3 is 2.73 bits per heavy atom. The molecule has 0 aliphatic heterocycles. The Kier molecular flexibility index (Phi) is 7.22. The molecule has 0 aliphatic carbocycles. The number of hydrogen-bond donors (Lipinski definition) is 2. The monoisotopic (exact) mass is 380 g/mol. The van der Waals surface area contributed by atoms with Gasteiger partial charge in [-0.3, -0.25) is 4.79 Å². The molecule has 2 N–H and O–H groups in total. The highest BCUT2D eigenvalue weighted by Crippen LogP contribution is 2.23. The van der Waals surface area contributed by atoms with Crippen LogP contribution in [0.3, 0.4) is 0 Å². The molecule has 2 aromatic rings. The van der Waals surface area contributed by atoms with Crippen LogP contribution >= 0.6 is 11.8 Å². The van der Waals surface area contributed by atoms with Crippen molar-refractivity contribution in [1.29, 1.82) is 0 Å². The van der Waals surface area contributed by atoms with Gasteiger partial charge in [0.15, 0.2) is 10.8 Å². The van der Waals surface area contributed by atoms with Gasteiger partial charge in [0.05, 0.1) is 24.7 Å². The summed E-state index contributed by atoms with van der Waals surface area (Å²) in [6.07, 6.45) is 4.19. The minimum absolute atomic E-state index is 0.0221. The number of ether oxygens (including phenoxy) is 1. The summed E-state index contributed by atoms with van der Waals surface area (Å²) >= 11 is 1.48. The summed E-state index contributed by atoms with van der Waals surface area (Å²) in [6.45, 7) is 8.46. The molecule has 8 nitrogen and oxygen atoms in total. The van der Waals surface area contributed by atoms with E-state index in [4.69, 9.17) is 4.74 Å². The molecule has 2 aromatic heterocycles. The lowest BCUT2D eigenvalue weighted by Gasteiger charge is -2.17. The van der Waals surface area contributed by atoms with E-state index in [9.17, 15) is 4.79 Å². The Bertz CT molecular complexity index is 741. The summed E-state index contributed by atoms with van der Waals surface area (Å²) in [6, 6.07) is 0. The predicted octanol–water partition coefficient (Wildman–Crippen LogP) is 2.16. The molecule has 1 amide bonds. The van der Waals surface area contributed by atoms with Gasteiger partial charge < -0.3 is 15.4 Å². The fraction of sp³-hybridized carbons (Fsp3) is 0.647. The number of thioether (sulfide) groups is 1. The van der Waals surface area contributed by atoms with Crippen molar-refractivity contribution in [1.82, 2.24) is 25.1 Å². The van der Waals surface area contributed by atoms with E-state index in [-0.39, 0.29) is 11.3 Å². The molecular weight excluding hydrogens is 352 g/mol. The molecule has 2 heterocycles. The Morgan fingerprint density at radius 1 is 1.31 bits per heavy atom. The number of nitrogens with one attached hydrogen (secondary N) is 2. The zero-order valence-electron chi connectivity index (χ0n) is 16.1. The van der Waals surface area contributed by atoms with Gasteiger partial charge in [-0.05, 0) is 11.7 Å². The third-order valence-corrected chi connectivity index (χ3v) is 4.14. The van der Waals surface area contributed by atoms with Crippen LogP contribution in [0, 0.1) is 5.41 Å². The molecule has 26 heavy (non-hydrogen) atoms. The normalized spacial score (nSPS) is 11.7. The van der Waals surface area contributed by atoms with Crippen molar-refractivity contribution < 1.29 is 9.53 Å². The number of rotatable bonds is 9. The third-order valence-electron chi connectivity index (χ3n) is 3.59. The van der Waals surface area contributed by atoms with Crippen LogP contribution in [0.15, 0.2) is 11.4 Å². The third kappa shape index (κ3) is 5.84. The van der Waals surface area contributed by atoms with Gasteiger partial charge in [-0.2, -0.15) is 5.10 Å². The van der Waals surface area contributed by atoms with Crippen LogP contribution in [-0.2, 0) is 16.1 Å². The van der Waals surface area contributed by atoms with Crippen LogP contribution < -0.4 is 10.6 Å². The van der Waals surface area contributed by atoms with E-state index in [0.29, 0.717) is 37.8 Å². The molecule has 144 valence electrons. The van der Waals surface area contributed by atoms with Gasteiger partial charge in [0, 0.05) is 26.6 Å². The largest absolute Gasteiger partial charge is 0.383 e. The smallest absolute Gasteiger partial charge is 0.220 e. The number of hydrogen-bond acceptors (Lipinski definition) is 7. The molecule has 9 heteroatoms. The van der Waals surface area contributed by atoms with Gasteiger partial charge in [-0.15, -0.1) is 0 Å². The Hall–Kier alpha value is -1.87. The summed E-state index contributed by atoms with van der Waals surface area (Å²) < 4.78 is 6.88. The molecule has 0 saturated heterocycles.